The second kappa shape index (κ2) is 6.09. The molecule has 1 aromatic carbocycles. The Morgan fingerprint density at radius 3 is 2.77 bits per heavy atom. The number of hydrogen-bond acceptors (Lipinski definition) is 3. The number of carbonyl (C=O) groups excluding carboxylic acids is 1. The largest absolute Gasteiger partial charge is 1.00 e. The average molecular weight is 237 g/mol. The van der Waals surface area contributed by atoms with E-state index in [1.54, 1.807) is 18.2 Å². The molecular weight excluding hydrogens is 231 g/mol. The molecule has 1 aromatic rings. The van der Waals surface area contributed by atoms with Gasteiger partial charge < -0.3 is 14.6 Å². The quantitative estimate of drug-likeness (QED) is 0.550. The van der Waals surface area contributed by atoms with Crippen molar-refractivity contribution in [2.75, 3.05) is 6.61 Å². The van der Waals surface area contributed by atoms with Crippen molar-refractivity contribution in [1.29, 1.82) is 0 Å². The third-order valence-corrected chi connectivity index (χ3v) is 1.65. The first-order chi connectivity index (χ1) is 5.68. The maximum Gasteiger partial charge on any atom is 1.00 e. The van der Waals surface area contributed by atoms with Crippen LogP contribution in [0.5, 0.6) is 5.75 Å². The second-order valence-corrected chi connectivity index (χ2v) is 3.03. The molecule has 0 aromatic heterocycles. The van der Waals surface area contributed by atoms with Gasteiger partial charge in [-0.1, -0.05) is 22.0 Å². The van der Waals surface area contributed by atoms with Crippen LogP contribution < -0.4 is 28.7 Å². The van der Waals surface area contributed by atoms with Gasteiger partial charge in [0, 0.05) is 4.47 Å². The van der Waals surface area contributed by atoms with Gasteiger partial charge in [-0.15, -0.1) is 0 Å². The van der Waals surface area contributed by atoms with Gasteiger partial charge in [0.15, 0.2) is 0 Å². The van der Waals surface area contributed by atoms with Crippen molar-refractivity contribution < 1.29 is 33.5 Å². The van der Waals surface area contributed by atoms with Crippen LogP contribution in [0.25, 0.3) is 0 Å². The van der Waals surface area contributed by atoms with Gasteiger partial charge in [0.2, 0.25) is 0 Å². The summed E-state index contributed by atoms with van der Waals surface area (Å²) >= 11 is 3.23. The van der Waals surface area contributed by atoms with Gasteiger partial charge in [0.25, 0.3) is 0 Å². The fourth-order valence-electron chi connectivity index (χ4n) is 0.699. The van der Waals surface area contributed by atoms with E-state index in [2.05, 4.69) is 15.9 Å². The van der Waals surface area contributed by atoms with Gasteiger partial charge in [-0.25, -0.2) is 0 Å². The molecule has 0 amide bonds. The number of hydrogen-bond donors (Lipinski definition) is 0. The van der Waals surface area contributed by atoms with Crippen LogP contribution in [-0.4, -0.2) is 12.6 Å². The standard InChI is InChI=1S/C8H7BrO3.Li/c9-6-2-1-3-7(4-6)12-5-8(10)11;/h1-4H,5H2,(H,10,11);/q;+1/p-1. The molecule has 3 nitrogen and oxygen atoms in total. The van der Waals surface area contributed by atoms with E-state index in [-0.39, 0.29) is 18.9 Å². The van der Waals surface area contributed by atoms with Gasteiger partial charge in [-0.2, -0.15) is 0 Å². The van der Waals surface area contributed by atoms with Crippen LogP contribution in [0.4, 0.5) is 0 Å². The van der Waals surface area contributed by atoms with Gasteiger partial charge in [-0.3, -0.25) is 0 Å². The summed E-state index contributed by atoms with van der Waals surface area (Å²) in [4.78, 5) is 10.0. The molecule has 64 valence electrons. The minimum Gasteiger partial charge on any atom is -0.546 e. The van der Waals surface area contributed by atoms with Gasteiger partial charge in [0.1, 0.15) is 12.4 Å². The van der Waals surface area contributed by atoms with Crippen molar-refractivity contribution in [3.63, 3.8) is 0 Å². The van der Waals surface area contributed by atoms with E-state index in [1.807, 2.05) is 6.07 Å². The minimum atomic E-state index is -1.23. The molecule has 0 fully saturated rings. The zero-order chi connectivity index (χ0) is 8.97. The minimum absolute atomic E-state index is 0. The Morgan fingerprint density at radius 1 is 1.54 bits per heavy atom. The van der Waals surface area contributed by atoms with Crippen molar-refractivity contribution >= 4 is 21.9 Å². The van der Waals surface area contributed by atoms with E-state index in [0.717, 1.165) is 4.47 Å². The maximum atomic E-state index is 10.0. The molecule has 0 saturated carbocycles. The third kappa shape index (κ3) is 4.99. The normalized spacial score (nSPS) is 8.69. The van der Waals surface area contributed by atoms with E-state index in [1.165, 1.54) is 0 Å². The molecule has 0 heterocycles. The first-order valence-corrected chi connectivity index (χ1v) is 4.06. The molecule has 0 atom stereocenters. The van der Waals surface area contributed by atoms with E-state index >= 15 is 0 Å². The number of benzene rings is 1. The Morgan fingerprint density at radius 2 is 2.23 bits per heavy atom. The fourth-order valence-corrected chi connectivity index (χ4v) is 1.08. The smallest absolute Gasteiger partial charge is 0.546 e. The zero-order valence-corrected chi connectivity index (χ0v) is 8.71. The molecule has 0 unspecified atom stereocenters. The van der Waals surface area contributed by atoms with E-state index < -0.39 is 12.6 Å². The van der Waals surface area contributed by atoms with Crippen LogP contribution in [0.15, 0.2) is 28.7 Å². The summed E-state index contributed by atoms with van der Waals surface area (Å²) < 4.78 is 5.70. The number of aliphatic carboxylic acids is 1. The fraction of sp³-hybridized carbons (Fsp3) is 0.125. The molecule has 13 heavy (non-hydrogen) atoms. The summed E-state index contributed by atoms with van der Waals surface area (Å²) in [5.41, 5.74) is 0. The Hall–Kier alpha value is -0.433. The molecule has 0 aliphatic heterocycles. The molecule has 0 bridgehead atoms. The van der Waals surface area contributed by atoms with Crippen molar-refractivity contribution in [3.8, 4) is 5.75 Å². The molecule has 1 rings (SSSR count). The predicted octanol–water partition coefficient (Wildman–Crippen LogP) is -2.42. The Kier molecular flexibility index (Phi) is 5.88. The number of carbonyl (C=O) groups is 1. The molecule has 0 spiro atoms. The van der Waals surface area contributed by atoms with E-state index in [0.29, 0.717) is 5.75 Å². The average Bonchev–Trinajstić information content (AvgIpc) is 2.01. The number of halogens is 1. The molecule has 0 saturated heterocycles. The number of ether oxygens (including phenoxy) is 1. The summed E-state index contributed by atoms with van der Waals surface area (Å²) in [5, 5.41) is 10.0. The van der Waals surface area contributed by atoms with Crippen LogP contribution in [0.3, 0.4) is 0 Å². The van der Waals surface area contributed by atoms with Gasteiger partial charge >= 0.3 is 18.9 Å². The van der Waals surface area contributed by atoms with Crippen LogP contribution >= 0.6 is 15.9 Å². The summed E-state index contributed by atoms with van der Waals surface area (Å²) in [5.74, 6) is -0.719. The zero-order valence-electron chi connectivity index (χ0n) is 7.12. The summed E-state index contributed by atoms with van der Waals surface area (Å²) in [6, 6.07) is 6.94. The first kappa shape index (κ1) is 12.6. The van der Waals surface area contributed by atoms with Crippen LogP contribution in [0.2, 0.25) is 0 Å². The maximum absolute atomic E-state index is 10.0. The van der Waals surface area contributed by atoms with Gasteiger partial charge in [-0.05, 0) is 18.2 Å². The van der Waals surface area contributed by atoms with E-state index in [4.69, 9.17) is 4.74 Å². The Bertz CT molecular complexity index is 290. The molecule has 0 aliphatic carbocycles. The second-order valence-electron chi connectivity index (χ2n) is 2.12. The molecule has 0 radical (unpaired) electrons. The summed E-state index contributed by atoms with van der Waals surface area (Å²) in [7, 11) is 0. The topological polar surface area (TPSA) is 49.4 Å². The predicted molar refractivity (Wildman–Crippen MR) is 44.6 cm³/mol. The molecule has 0 N–H and O–H groups in total. The van der Waals surface area contributed by atoms with E-state index in [9.17, 15) is 9.90 Å². The summed E-state index contributed by atoms with van der Waals surface area (Å²) in [6.07, 6.45) is 0. The van der Waals surface area contributed by atoms with Crippen LogP contribution in [0, 0.1) is 0 Å². The Balaban J connectivity index is 0.00000144. The Labute approximate surface area is 96.4 Å². The SMILES string of the molecule is O=C([O-])COc1cccc(Br)c1.[Li+]. The first-order valence-electron chi connectivity index (χ1n) is 3.26. The molecule has 0 aliphatic rings. The number of carboxylic acid groups (broad SMARTS) is 1. The van der Waals surface area contributed by atoms with Crippen molar-refractivity contribution in [1.82, 2.24) is 0 Å². The number of rotatable bonds is 3. The summed E-state index contributed by atoms with van der Waals surface area (Å²) in [6.45, 7) is -0.420. The van der Waals surface area contributed by atoms with Crippen LogP contribution in [0.1, 0.15) is 0 Å². The third-order valence-electron chi connectivity index (χ3n) is 1.15. The number of carboxylic acids is 1. The monoisotopic (exact) mass is 236 g/mol. The van der Waals surface area contributed by atoms with Crippen LogP contribution in [-0.2, 0) is 4.79 Å². The molecule has 5 heteroatoms. The molecular formula is C8H6BrLiO3. The van der Waals surface area contributed by atoms with Gasteiger partial charge in [0.05, 0.1) is 5.97 Å². The van der Waals surface area contributed by atoms with Crippen molar-refractivity contribution in [2.24, 2.45) is 0 Å². The van der Waals surface area contributed by atoms with Crippen molar-refractivity contribution in [2.45, 2.75) is 0 Å². The van der Waals surface area contributed by atoms with Crippen molar-refractivity contribution in [3.05, 3.63) is 28.7 Å².